The van der Waals surface area contributed by atoms with E-state index in [2.05, 4.69) is 22.3 Å². The number of pyridine rings is 1. The summed E-state index contributed by atoms with van der Waals surface area (Å²) >= 11 is 0. The summed E-state index contributed by atoms with van der Waals surface area (Å²) in [5.74, 6) is 1.27. The third kappa shape index (κ3) is 4.68. The van der Waals surface area contributed by atoms with E-state index in [0.29, 0.717) is 18.0 Å². The van der Waals surface area contributed by atoms with Gasteiger partial charge < -0.3 is 19.9 Å². The van der Waals surface area contributed by atoms with Crippen molar-refractivity contribution in [2.24, 2.45) is 7.05 Å². The molecule has 0 fully saturated rings. The molecule has 1 atom stereocenters. The lowest BCUT2D eigenvalue weighted by Crippen LogP contribution is -2.18. The molecule has 0 radical (unpaired) electrons. The first kappa shape index (κ1) is 19.9. The minimum atomic E-state index is -0.0345. The number of aliphatic hydroxyl groups is 1. The van der Waals surface area contributed by atoms with E-state index in [1.54, 1.807) is 13.3 Å². The molecular weight excluding hydrogens is 356 g/mol. The molecule has 0 saturated heterocycles. The average molecular weight is 382 g/mol. The molecule has 7 nitrogen and oxygen atoms in total. The molecule has 2 N–H and O–H groups in total. The van der Waals surface area contributed by atoms with Gasteiger partial charge in [0.1, 0.15) is 6.61 Å². The van der Waals surface area contributed by atoms with Gasteiger partial charge in [-0.25, -0.2) is 0 Å². The summed E-state index contributed by atoms with van der Waals surface area (Å²) in [6.07, 6.45) is 5.60. The zero-order valence-electron chi connectivity index (χ0n) is 16.4. The van der Waals surface area contributed by atoms with Crippen LogP contribution in [0.4, 0.5) is 0 Å². The van der Waals surface area contributed by atoms with Crippen LogP contribution in [0, 0.1) is 0 Å². The SMILES string of the molecule is COc1cc(C(C)NCc2cn(C)nc2-c2cccnc2)ccc1OCCO. The summed E-state index contributed by atoms with van der Waals surface area (Å²) in [5.41, 5.74) is 4.12. The highest BCUT2D eigenvalue weighted by atomic mass is 16.5. The van der Waals surface area contributed by atoms with Crippen LogP contribution >= 0.6 is 0 Å². The lowest BCUT2D eigenvalue weighted by atomic mass is 10.1. The Hall–Kier alpha value is -2.90. The van der Waals surface area contributed by atoms with E-state index >= 15 is 0 Å². The Bertz CT molecular complexity index is 896. The van der Waals surface area contributed by atoms with Crippen LogP contribution in [0.1, 0.15) is 24.1 Å². The lowest BCUT2D eigenvalue weighted by Gasteiger charge is -2.17. The molecule has 148 valence electrons. The van der Waals surface area contributed by atoms with Gasteiger partial charge in [0.2, 0.25) is 0 Å². The van der Waals surface area contributed by atoms with Crippen LogP contribution in [0.25, 0.3) is 11.3 Å². The molecule has 0 aliphatic heterocycles. The first-order chi connectivity index (χ1) is 13.6. The third-order valence-electron chi connectivity index (χ3n) is 4.47. The molecule has 3 rings (SSSR count). The standard InChI is InChI=1S/C21H26N4O3/c1-15(16-6-7-19(28-10-9-26)20(11-16)27-3)23-13-18-14-25(2)24-21(18)17-5-4-8-22-12-17/h4-8,11-12,14-15,23,26H,9-10,13H2,1-3H3. The van der Waals surface area contributed by atoms with Gasteiger partial charge in [-0.3, -0.25) is 9.67 Å². The van der Waals surface area contributed by atoms with Crippen LogP contribution in [0.3, 0.4) is 0 Å². The number of ether oxygens (including phenoxy) is 2. The fourth-order valence-electron chi connectivity index (χ4n) is 3.02. The van der Waals surface area contributed by atoms with Gasteiger partial charge >= 0.3 is 0 Å². The summed E-state index contributed by atoms with van der Waals surface area (Å²) in [4.78, 5) is 4.19. The van der Waals surface area contributed by atoms with Gasteiger partial charge in [-0.15, -0.1) is 0 Å². The van der Waals surface area contributed by atoms with Gasteiger partial charge in [0.15, 0.2) is 11.5 Å². The Morgan fingerprint density at radius 1 is 1.25 bits per heavy atom. The summed E-state index contributed by atoms with van der Waals surface area (Å²) in [7, 11) is 3.53. The van der Waals surface area contributed by atoms with Gasteiger partial charge in [-0.1, -0.05) is 6.07 Å². The molecule has 0 aliphatic carbocycles. The van der Waals surface area contributed by atoms with E-state index in [-0.39, 0.29) is 19.3 Å². The number of hydrogen-bond donors (Lipinski definition) is 2. The number of nitrogens with zero attached hydrogens (tertiary/aromatic N) is 3. The van der Waals surface area contributed by atoms with Crippen molar-refractivity contribution in [1.29, 1.82) is 0 Å². The maximum absolute atomic E-state index is 8.93. The zero-order valence-corrected chi connectivity index (χ0v) is 16.4. The Balaban J connectivity index is 1.72. The van der Waals surface area contributed by atoms with E-state index < -0.39 is 0 Å². The first-order valence-electron chi connectivity index (χ1n) is 9.20. The van der Waals surface area contributed by atoms with Crippen LogP contribution in [0.2, 0.25) is 0 Å². The van der Waals surface area contributed by atoms with Crippen LogP contribution in [-0.2, 0) is 13.6 Å². The van der Waals surface area contributed by atoms with Gasteiger partial charge in [-0.05, 0) is 36.8 Å². The van der Waals surface area contributed by atoms with Crippen molar-refractivity contribution in [3.8, 4) is 22.8 Å². The molecule has 0 spiro atoms. The summed E-state index contributed by atoms with van der Waals surface area (Å²) in [6.45, 7) is 2.97. The maximum Gasteiger partial charge on any atom is 0.161 e. The van der Waals surface area contributed by atoms with Crippen molar-refractivity contribution in [3.63, 3.8) is 0 Å². The van der Waals surface area contributed by atoms with E-state index in [1.165, 1.54) is 0 Å². The molecular formula is C21H26N4O3. The Labute approximate surface area is 164 Å². The lowest BCUT2D eigenvalue weighted by molar-refractivity contribution is 0.196. The quantitative estimate of drug-likeness (QED) is 0.592. The van der Waals surface area contributed by atoms with Crippen molar-refractivity contribution in [1.82, 2.24) is 20.1 Å². The number of benzene rings is 1. The van der Waals surface area contributed by atoms with Gasteiger partial charge in [-0.2, -0.15) is 5.10 Å². The molecule has 7 heteroatoms. The average Bonchev–Trinajstić information content (AvgIpc) is 3.11. The van der Waals surface area contributed by atoms with Gasteiger partial charge in [0.25, 0.3) is 0 Å². The smallest absolute Gasteiger partial charge is 0.161 e. The summed E-state index contributed by atoms with van der Waals surface area (Å²) in [6, 6.07) is 9.85. The van der Waals surface area contributed by atoms with E-state index in [0.717, 1.165) is 22.4 Å². The van der Waals surface area contributed by atoms with Crippen molar-refractivity contribution in [2.75, 3.05) is 20.3 Å². The molecule has 2 heterocycles. The Morgan fingerprint density at radius 2 is 2.11 bits per heavy atom. The number of aryl methyl sites for hydroxylation is 1. The van der Waals surface area contributed by atoms with Crippen molar-refractivity contribution < 1.29 is 14.6 Å². The van der Waals surface area contributed by atoms with Crippen molar-refractivity contribution >= 4 is 0 Å². The third-order valence-corrected chi connectivity index (χ3v) is 4.47. The summed E-state index contributed by atoms with van der Waals surface area (Å²) in [5, 5.41) is 17.1. The number of methoxy groups -OCH3 is 1. The van der Waals surface area contributed by atoms with Gasteiger partial charge in [0, 0.05) is 49.4 Å². The second-order valence-electron chi connectivity index (χ2n) is 6.50. The molecule has 28 heavy (non-hydrogen) atoms. The van der Waals surface area contributed by atoms with E-state index in [4.69, 9.17) is 14.6 Å². The minimum Gasteiger partial charge on any atom is -0.493 e. The molecule has 1 unspecified atom stereocenters. The fourth-order valence-corrected chi connectivity index (χ4v) is 3.02. The van der Waals surface area contributed by atoms with Gasteiger partial charge in [0.05, 0.1) is 19.4 Å². The zero-order chi connectivity index (χ0) is 19.9. The molecule has 0 saturated carbocycles. The Kier molecular flexibility index (Phi) is 6.62. The Morgan fingerprint density at radius 3 is 2.82 bits per heavy atom. The number of rotatable bonds is 9. The van der Waals surface area contributed by atoms with Crippen LogP contribution in [-0.4, -0.2) is 40.2 Å². The van der Waals surface area contributed by atoms with Crippen molar-refractivity contribution in [3.05, 3.63) is 60.0 Å². The molecule has 0 aliphatic rings. The highest BCUT2D eigenvalue weighted by molar-refractivity contribution is 5.61. The molecule has 3 aromatic rings. The topological polar surface area (TPSA) is 81.4 Å². The molecule has 0 amide bonds. The predicted molar refractivity (Wildman–Crippen MR) is 107 cm³/mol. The molecule has 2 aromatic heterocycles. The van der Waals surface area contributed by atoms with Crippen LogP contribution < -0.4 is 14.8 Å². The number of nitrogens with one attached hydrogen (secondary N) is 1. The highest BCUT2D eigenvalue weighted by Gasteiger charge is 2.14. The second kappa shape index (κ2) is 9.34. The number of hydrogen-bond acceptors (Lipinski definition) is 6. The molecule has 0 bridgehead atoms. The second-order valence-corrected chi connectivity index (χ2v) is 6.50. The van der Waals surface area contributed by atoms with E-state index in [1.807, 2.05) is 54.5 Å². The predicted octanol–water partition coefficient (Wildman–Crippen LogP) is 2.71. The number of aliphatic hydroxyl groups excluding tert-OH is 1. The normalized spacial score (nSPS) is 12.0. The van der Waals surface area contributed by atoms with Crippen LogP contribution in [0.5, 0.6) is 11.5 Å². The van der Waals surface area contributed by atoms with Crippen LogP contribution in [0.15, 0.2) is 48.9 Å². The van der Waals surface area contributed by atoms with E-state index in [9.17, 15) is 0 Å². The first-order valence-corrected chi connectivity index (χ1v) is 9.20. The number of aromatic nitrogens is 3. The fraction of sp³-hybridized carbons (Fsp3) is 0.333. The van der Waals surface area contributed by atoms with Crippen molar-refractivity contribution in [2.45, 2.75) is 19.5 Å². The maximum atomic E-state index is 8.93. The minimum absolute atomic E-state index is 0.0345. The largest absolute Gasteiger partial charge is 0.493 e. The summed E-state index contributed by atoms with van der Waals surface area (Å²) < 4.78 is 12.7. The molecule has 1 aromatic carbocycles. The monoisotopic (exact) mass is 382 g/mol. The highest BCUT2D eigenvalue weighted by Crippen LogP contribution is 2.30.